The molecule has 0 aromatic carbocycles. The van der Waals surface area contributed by atoms with Crippen molar-refractivity contribution in [2.24, 2.45) is 33.8 Å². The molecule has 0 aromatic heterocycles. The minimum atomic E-state index is -1.56. The Labute approximate surface area is 318 Å². The number of hydrogen-bond acceptors (Lipinski definition) is 13. The first kappa shape index (κ1) is 49.9. The van der Waals surface area contributed by atoms with Crippen LogP contribution in [-0.2, 0) is 38.4 Å². The zero-order chi connectivity index (χ0) is 42.2. The molecule has 0 fully saturated rings. The van der Waals surface area contributed by atoms with Crippen LogP contribution in [0.2, 0.25) is 0 Å². The molecule has 0 radical (unpaired) electrons. The van der Waals surface area contributed by atoms with Crippen LogP contribution in [0, 0.1) is 5.92 Å². The molecule has 0 saturated carbocycles. The van der Waals surface area contributed by atoms with Crippen LogP contribution < -0.4 is 54.8 Å². The number of amides is 6. The van der Waals surface area contributed by atoms with Crippen LogP contribution in [0.5, 0.6) is 0 Å². The predicted octanol–water partition coefficient (Wildman–Crippen LogP) is -5.59. The minimum Gasteiger partial charge on any atom is -0.481 e. The Morgan fingerprint density at radius 2 is 1.20 bits per heavy atom. The summed E-state index contributed by atoms with van der Waals surface area (Å²) >= 11 is 0. The van der Waals surface area contributed by atoms with E-state index in [2.05, 4.69) is 36.9 Å². The molecule has 0 aliphatic heterocycles. The molecule has 0 bridgehead atoms. The molecule has 18 N–H and O–H groups in total. The maximum atomic E-state index is 13.6. The topological polar surface area (TPSA) is 406 Å². The van der Waals surface area contributed by atoms with Crippen LogP contribution in [0.3, 0.4) is 0 Å². The average molecular weight is 790 g/mol. The number of aliphatic hydroxyl groups is 2. The molecule has 55 heavy (non-hydrogen) atoms. The molecule has 0 unspecified atom stereocenters. The maximum absolute atomic E-state index is 13.6. The highest BCUT2D eigenvalue weighted by Gasteiger charge is 2.32. The normalized spacial score (nSPS) is 14.8. The van der Waals surface area contributed by atoms with Crippen LogP contribution in [0.1, 0.15) is 72.1 Å². The molecule has 314 valence electrons. The minimum absolute atomic E-state index is 0.0277. The molecule has 23 heteroatoms. The van der Waals surface area contributed by atoms with Crippen LogP contribution in [-0.4, -0.2) is 142 Å². The van der Waals surface area contributed by atoms with Crippen molar-refractivity contribution in [1.82, 2.24) is 31.9 Å². The summed E-state index contributed by atoms with van der Waals surface area (Å²) < 4.78 is 0. The molecule has 0 spiro atoms. The number of nitrogens with zero attached hydrogens (tertiary/aromatic N) is 1. The number of aliphatic hydroxyl groups excluding tert-OH is 2. The standard InChI is InChI=1S/C32H59N11O12/c1-16(2)13-21(29(52)40-18(7-4-5-11-33)27(50)41-20(31(54)55)8-6-12-37-32(35)36)42-28(51)19(9-10-24(47)48)39-23(46)14-38-26(49)22(15-44)43-30(53)25(34)17(3)45/h16-22,25,44-45H,4-15,33-34H2,1-3H3,(H,38,49)(H,39,46)(H,40,52)(H,41,50)(H,42,51)(H,43,53)(H,47,48)(H,54,55)(H4,35,36,37)/t17-,18+,19+,20+,21+,22+,25+/m1/s1. The van der Waals surface area contributed by atoms with E-state index in [0.717, 1.165) is 0 Å². The third-order valence-corrected chi connectivity index (χ3v) is 7.84. The maximum Gasteiger partial charge on any atom is 0.326 e. The van der Waals surface area contributed by atoms with E-state index in [4.69, 9.17) is 22.9 Å². The highest BCUT2D eigenvalue weighted by atomic mass is 16.4. The monoisotopic (exact) mass is 789 g/mol. The van der Waals surface area contributed by atoms with E-state index >= 15 is 0 Å². The zero-order valence-corrected chi connectivity index (χ0v) is 31.4. The van der Waals surface area contributed by atoms with Gasteiger partial charge < -0.3 is 75.3 Å². The fourth-order valence-corrected chi connectivity index (χ4v) is 4.80. The Hall–Kier alpha value is -5.13. The van der Waals surface area contributed by atoms with Gasteiger partial charge in [-0.3, -0.25) is 38.6 Å². The fraction of sp³-hybridized carbons (Fsp3) is 0.719. The summed E-state index contributed by atoms with van der Waals surface area (Å²) in [5.74, 6) is -8.58. The smallest absolute Gasteiger partial charge is 0.326 e. The molecule has 0 aromatic rings. The van der Waals surface area contributed by atoms with Crippen molar-refractivity contribution < 1.29 is 58.8 Å². The predicted molar refractivity (Wildman–Crippen MR) is 196 cm³/mol. The van der Waals surface area contributed by atoms with E-state index in [1.807, 2.05) is 0 Å². The third-order valence-electron chi connectivity index (χ3n) is 7.84. The molecule has 0 rings (SSSR count). The van der Waals surface area contributed by atoms with E-state index in [1.165, 1.54) is 6.92 Å². The molecule has 23 nitrogen and oxygen atoms in total. The quantitative estimate of drug-likeness (QED) is 0.0200. The van der Waals surface area contributed by atoms with Crippen LogP contribution in [0.4, 0.5) is 0 Å². The molecule has 0 heterocycles. The number of aliphatic carboxylic acids is 2. The Kier molecular flexibility index (Phi) is 24.1. The van der Waals surface area contributed by atoms with Gasteiger partial charge in [0.15, 0.2) is 5.96 Å². The van der Waals surface area contributed by atoms with Gasteiger partial charge in [-0.25, -0.2) is 4.79 Å². The van der Waals surface area contributed by atoms with Crippen molar-refractivity contribution in [3.8, 4) is 0 Å². The summed E-state index contributed by atoms with van der Waals surface area (Å²) in [5.41, 5.74) is 21.7. The number of rotatable bonds is 28. The molecular formula is C32H59N11O12. The number of carbonyl (C=O) groups excluding carboxylic acids is 6. The largest absolute Gasteiger partial charge is 0.481 e. The second kappa shape index (κ2) is 26.6. The summed E-state index contributed by atoms with van der Waals surface area (Å²) in [7, 11) is 0. The van der Waals surface area contributed by atoms with Crippen LogP contribution in [0.25, 0.3) is 0 Å². The van der Waals surface area contributed by atoms with Crippen molar-refractivity contribution in [1.29, 1.82) is 0 Å². The fourth-order valence-electron chi connectivity index (χ4n) is 4.80. The van der Waals surface area contributed by atoms with Gasteiger partial charge in [0, 0.05) is 13.0 Å². The molecule has 0 saturated heterocycles. The second-order valence-corrected chi connectivity index (χ2v) is 13.2. The Bertz CT molecular complexity index is 1330. The lowest BCUT2D eigenvalue weighted by Crippen LogP contribution is -2.58. The number of nitrogens with two attached hydrogens (primary N) is 4. The third kappa shape index (κ3) is 21.4. The SMILES string of the molecule is CC(C)C[C@H](NC(=O)[C@H](CCC(=O)O)NC(=O)CNC(=O)[C@H](CO)NC(=O)[C@@H](N)[C@@H](C)O)C(=O)N[C@@H](CCCCN)C(=O)N[C@@H](CCCN=C(N)N)C(=O)O. The van der Waals surface area contributed by atoms with Gasteiger partial charge in [-0.15, -0.1) is 0 Å². The van der Waals surface area contributed by atoms with Crippen LogP contribution in [0.15, 0.2) is 4.99 Å². The van der Waals surface area contributed by atoms with Gasteiger partial charge >= 0.3 is 11.9 Å². The summed E-state index contributed by atoms with van der Waals surface area (Å²) in [5, 5.41) is 52.0. The lowest BCUT2D eigenvalue weighted by atomic mass is 10.0. The molecular weight excluding hydrogens is 730 g/mol. The second-order valence-electron chi connectivity index (χ2n) is 13.2. The van der Waals surface area contributed by atoms with Crippen molar-refractivity contribution in [2.45, 2.75) is 114 Å². The molecule has 6 amide bonds. The van der Waals surface area contributed by atoms with Gasteiger partial charge in [0.2, 0.25) is 35.4 Å². The highest BCUT2D eigenvalue weighted by molar-refractivity contribution is 5.96. The number of carboxylic acid groups (broad SMARTS) is 2. The first-order valence-electron chi connectivity index (χ1n) is 17.8. The summed E-state index contributed by atoms with van der Waals surface area (Å²) in [6.45, 7) is 3.42. The van der Waals surface area contributed by atoms with Gasteiger partial charge in [-0.2, -0.15) is 0 Å². The first-order valence-corrected chi connectivity index (χ1v) is 17.8. The number of nitrogens with one attached hydrogen (secondary N) is 6. The Balaban J connectivity index is 5.93. The van der Waals surface area contributed by atoms with Gasteiger partial charge in [0.05, 0.1) is 19.3 Å². The molecule has 7 atom stereocenters. The summed E-state index contributed by atoms with van der Waals surface area (Å²) in [6.07, 6.45) is -1.17. The van der Waals surface area contributed by atoms with Crippen molar-refractivity contribution in [3.05, 3.63) is 0 Å². The number of hydrogen-bond donors (Lipinski definition) is 14. The van der Waals surface area contributed by atoms with E-state index in [1.54, 1.807) is 13.8 Å². The van der Waals surface area contributed by atoms with E-state index in [-0.39, 0.29) is 50.7 Å². The van der Waals surface area contributed by atoms with Gasteiger partial charge in [0.25, 0.3) is 0 Å². The number of carbonyl (C=O) groups is 8. The zero-order valence-electron chi connectivity index (χ0n) is 31.4. The highest BCUT2D eigenvalue weighted by Crippen LogP contribution is 2.10. The van der Waals surface area contributed by atoms with E-state index < -0.39 is 116 Å². The van der Waals surface area contributed by atoms with Crippen molar-refractivity contribution in [3.63, 3.8) is 0 Å². The van der Waals surface area contributed by atoms with E-state index in [0.29, 0.717) is 12.8 Å². The number of carboxylic acids is 2. The van der Waals surface area contributed by atoms with Crippen LogP contribution >= 0.6 is 0 Å². The number of unbranched alkanes of at least 4 members (excludes halogenated alkanes) is 1. The summed E-state index contributed by atoms with van der Waals surface area (Å²) in [6, 6.07) is -8.39. The Morgan fingerprint density at radius 1 is 0.673 bits per heavy atom. The number of guanidine groups is 1. The lowest BCUT2D eigenvalue weighted by molar-refractivity contribution is -0.142. The lowest BCUT2D eigenvalue weighted by Gasteiger charge is -2.27. The molecule has 0 aliphatic rings. The first-order chi connectivity index (χ1) is 25.7. The van der Waals surface area contributed by atoms with Crippen molar-refractivity contribution in [2.75, 3.05) is 26.2 Å². The van der Waals surface area contributed by atoms with Crippen molar-refractivity contribution >= 4 is 53.3 Å². The van der Waals surface area contributed by atoms with Gasteiger partial charge in [-0.1, -0.05) is 13.8 Å². The van der Waals surface area contributed by atoms with Gasteiger partial charge in [-0.05, 0) is 64.3 Å². The van der Waals surface area contributed by atoms with E-state index in [9.17, 15) is 58.8 Å². The Morgan fingerprint density at radius 3 is 1.71 bits per heavy atom. The average Bonchev–Trinajstić information content (AvgIpc) is 3.10. The van der Waals surface area contributed by atoms with Gasteiger partial charge in [0.1, 0.15) is 36.3 Å². The summed E-state index contributed by atoms with van der Waals surface area (Å²) in [4.78, 5) is 105. The molecule has 0 aliphatic carbocycles. The number of aliphatic imine (C=N–C) groups is 1.